The van der Waals surface area contributed by atoms with Gasteiger partial charge < -0.3 is 15.5 Å². The molecule has 1 aliphatic rings. The Hall–Kier alpha value is -1.42. The van der Waals surface area contributed by atoms with Gasteiger partial charge in [0.15, 0.2) is 5.96 Å². The lowest BCUT2D eigenvalue weighted by molar-refractivity contribution is -0.130. The zero-order valence-electron chi connectivity index (χ0n) is 17.3. The van der Waals surface area contributed by atoms with Crippen LogP contribution in [0.5, 0.6) is 0 Å². The largest absolute Gasteiger partial charge is 0.356 e. The number of guanidine groups is 1. The van der Waals surface area contributed by atoms with Crippen molar-refractivity contribution in [1.29, 1.82) is 0 Å². The summed E-state index contributed by atoms with van der Waals surface area (Å²) in [5.74, 6) is 0.674. The number of piperazine rings is 1. The normalized spacial score (nSPS) is 15.8. The summed E-state index contributed by atoms with van der Waals surface area (Å²) in [6.45, 7) is 11.5. The predicted octanol–water partition coefficient (Wildman–Crippen LogP) is 2.05. The van der Waals surface area contributed by atoms with Gasteiger partial charge in [-0.2, -0.15) is 0 Å². The highest BCUT2D eigenvalue weighted by Gasteiger charge is 2.22. The van der Waals surface area contributed by atoms with Crippen molar-refractivity contribution in [3.05, 3.63) is 35.6 Å². The third-order valence-corrected chi connectivity index (χ3v) is 5.07. The van der Waals surface area contributed by atoms with Gasteiger partial charge in [-0.05, 0) is 17.7 Å². The van der Waals surface area contributed by atoms with Crippen molar-refractivity contribution in [2.45, 2.75) is 26.2 Å². The van der Waals surface area contributed by atoms with Crippen LogP contribution < -0.4 is 10.6 Å². The van der Waals surface area contributed by atoms with Crippen molar-refractivity contribution in [1.82, 2.24) is 20.4 Å². The highest BCUT2D eigenvalue weighted by Crippen LogP contribution is 2.22. The van der Waals surface area contributed by atoms with E-state index >= 15 is 0 Å². The van der Waals surface area contributed by atoms with E-state index in [9.17, 15) is 9.18 Å². The maximum Gasteiger partial charge on any atom is 0.219 e. The van der Waals surface area contributed by atoms with Crippen LogP contribution in [0, 0.1) is 5.82 Å². The maximum absolute atomic E-state index is 13.5. The van der Waals surface area contributed by atoms with Gasteiger partial charge in [-0.15, -0.1) is 24.0 Å². The molecule has 1 aromatic rings. The van der Waals surface area contributed by atoms with Gasteiger partial charge in [-0.3, -0.25) is 14.7 Å². The zero-order valence-corrected chi connectivity index (χ0v) is 19.6. The van der Waals surface area contributed by atoms with Gasteiger partial charge in [0.2, 0.25) is 5.91 Å². The van der Waals surface area contributed by atoms with Gasteiger partial charge in [-0.25, -0.2) is 4.39 Å². The Kier molecular flexibility index (Phi) is 10.2. The molecule has 0 aromatic heterocycles. The van der Waals surface area contributed by atoms with Gasteiger partial charge in [0.1, 0.15) is 5.82 Å². The molecular weight excluding hydrogens is 472 g/mol. The molecule has 1 heterocycles. The summed E-state index contributed by atoms with van der Waals surface area (Å²) in [5.41, 5.74) is 0.733. The van der Waals surface area contributed by atoms with E-state index in [4.69, 9.17) is 0 Å². The summed E-state index contributed by atoms with van der Waals surface area (Å²) in [7, 11) is 1.75. The molecule has 28 heavy (non-hydrogen) atoms. The van der Waals surface area contributed by atoms with Gasteiger partial charge in [0.05, 0.1) is 0 Å². The molecule has 2 rings (SSSR count). The van der Waals surface area contributed by atoms with Gasteiger partial charge in [0.25, 0.3) is 0 Å². The Bertz CT molecular complexity index is 660. The molecule has 1 fully saturated rings. The summed E-state index contributed by atoms with van der Waals surface area (Å²) in [5, 5.41) is 6.66. The minimum absolute atomic E-state index is 0. The predicted molar refractivity (Wildman–Crippen MR) is 123 cm³/mol. The van der Waals surface area contributed by atoms with Crippen LogP contribution in [0.15, 0.2) is 29.3 Å². The molecule has 8 heteroatoms. The molecule has 6 nitrogen and oxygen atoms in total. The lowest BCUT2D eigenvalue weighted by Gasteiger charge is -2.34. The summed E-state index contributed by atoms with van der Waals surface area (Å²) in [6.07, 6.45) is 0. The molecule has 0 unspecified atom stereocenters. The van der Waals surface area contributed by atoms with Gasteiger partial charge in [-0.1, -0.05) is 26.0 Å². The Balaban J connectivity index is 0.00000392. The van der Waals surface area contributed by atoms with Gasteiger partial charge in [0, 0.05) is 65.2 Å². The number of hydrogen-bond acceptors (Lipinski definition) is 3. The first-order valence-corrected chi connectivity index (χ1v) is 9.50. The summed E-state index contributed by atoms with van der Waals surface area (Å²) >= 11 is 0. The van der Waals surface area contributed by atoms with Crippen molar-refractivity contribution in [3.63, 3.8) is 0 Å². The SMILES string of the molecule is CN=C(NCCN1CCN(C(C)=O)CC1)NCC(C)(C)c1cccc(F)c1.I. The lowest BCUT2D eigenvalue weighted by Crippen LogP contribution is -2.50. The van der Waals surface area contributed by atoms with E-state index in [1.165, 1.54) is 6.07 Å². The molecule has 0 spiro atoms. The van der Waals surface area contributed by atoms with Crippen LogP contribution in [-0.2, 0) is 10.2 Å². The number of carbonyl (C=O) groups excluding carboxylic acids is 1. The average Bonchev–Trinajstić information content (AvgIpc) is 2.65. The van der Waals surface area contributed by atoms with Crippen molar-refractivity contribution in [2.24, 2.45) is 4.99 Å². The quantitative estimate of drug-likeness (QED) is 0.353. The molecule has 0 radical (unpaired) electrons. The zero-order chi connectivity index (χ0) is 19.9. The van der Waals surface area contributed by atoms with Crippen LogP contribution in [0.3, 0.4) is 0 Å². The minimum Gasteiger partial charge on any atom is -0.356 e. The van der Waals surface area contributed by atoms with E-state index in [0.29, 0.717) is 6.54 Å². The Morgan fingerprint density at radius 3 is 2.46 bits per heavy atom. The van der Waals surface area contributed by atoms with Crippen molar-refractivity contribution in [3.8, 4) is 0 Å². The summed E-state index contributed by atoms with van der Waals surface area (Å²) in [6, 6.07) is 6.73. The van der Waals surface area contributed by atoms with E-state index in [1.807, 2.05) is 11.0 Å². The third kappa shape index (κ3) is 7.54. The number of amides is 1. The number of hydrogen-bond donors (Lipinski definition) is 2. The molecule has 1 aliphatic heterocycles. The van der Waals surface area contributed by atoms with Crippen LogP contribution in [0.1, 0.15) is 26.3 Å². The van der Waals surface area contributed by atoms with E-state index in [2.05, 4.69) is 34.4 Å². The van der Waals surface area contributed by atoms with E-state index in [-0.39, 0.29) is 41.1 Å². The van der Waals surface area contributed by atoms with E-state index < -0.39 is 0 Å². The molecule has 0 aliphatic carbocycles. The van der Waals surface area contributed by atoms with E-state index in [0.717, 1.165) is 50.8 Å². The fourth-order valence-corrected chi connectivity index (χ4v) is 3.16. The molecule has 1 amide bonds. The Labute approximate surface area is 185 Å². The van der Waals surface area contributed by atoms with Crippen molar-refractivity contribution in [2.75, 3.05) is 52.9 Å². The van der Waals surface area contributed by atoms with Crippen molar-refractivity contribution < 1.29 is 9.18 Å². The molecule has 2 N–H and O–H groups in total. The third-order valence-electron chi connectivity index (χ3n) is 5.07. The van der Waals surface area contributed by atoms with Gasteiger partial charge >= 0.3 is 0 Å². The molecule has 0 atom stereocenters. The monoisotopic (exact) mass is 505 g/mol. The van der Waals surface area contributed by atoms with Crippen LogP contribution in [0.25, 0.3) is 0 Å². The van der Waals surface area contributed by atoms with Crippen LogP contribution in [-0.4, -0.2) is 74.5 Å². The fraction of sp³-hybridized carbons (Fsp3) is 0.600. The molecule has 0 bridgehead atoms. The average molecular weight is 505 g/mol. The number of nitrogens with one attached hydrogen (secondary N) is 2. The number of halogens is 2. The number of benzene rings is 1. The molecule has 0 saturated carbocycles. The second kappa shape index (κ2) is 11.5. The first-order chi connectivity index (χ1) is 12.8. The van der Waals surface area contributed by atoms with E-state index in [1.54, 1.807) is 26.1 Å². The second-order valence-electron chi connectivity index (χ2n) is 7.59. The summed E-state index contributed by atoms with van der Waals surface area (Å²) in [4.78, 5) is 19.9. The Morgan fingerprint density at radius 2 is 1.89 bits per heavy atom. The smallest absolute Gasteiger partial charge is 0.219 e. The van der Waals surface area contributed by atoms with Crippen LogP contribution >= 0.6 is 24.0 Å². The standard InChI is InChI=1S/C20H32FN5O.HI/c1-16(27)26-12-10-25(11-13-26)9-8-23-19(22-4)24-15-20(2,3)17-6-5-7-18(21)14-17;/h5-7,14H,8-13,15H2,1-4H3,(H2,22,23,24);1H. The maximum atomic E-state index is 13.5. The number of nitrogens with zero attached hydrogens (tertiary/aromatic N) is 3. The molecular formula is C20H33FIN5O. The summed E-state index contributed by atoms with van der Waals surface area (Å²) < 4.78 is 13.5. The van der Waals surface area contributed by atoms with Crippen molar-refractivity contribution >= 4 is 35.8 Å². The topological polar surface area (TPSA) is 60.0 Å². The Morgan fingerprint density at radius 1 is 1.21 bits per heavy atom. The highest BCUT2D eigenvalue weighted by molar-refractivity contribution is 14.0. The van der Waals surface area contributed by atoms with Crippen LogP contribution in [0.4, 0.5) is 4.39 Å². The highest BCUT2D eigenvalue weighted by atomic mass is 127. The number of rotatable bonds is 6. The first kappa shape index (κ1) is 24.6. The fourth-order valence-electron chi connectivity index (χ4n) is 3.16. The number of carbonyl (C=O) groups is 1. The molecule has 1 aromatic carbocycles. The first-order valence-electron chi connectivity index (χ1n) is 9.50. The minimum atomic E-state index is -0.220. The second-order valence-corrected chi connectivity index (χ2v) is 7.59. The van der Waals surface area contributed by atoms with Crippen LogP contribution in [0.2, 0.25) is 0 Å². The molecule has 1 saturated heterocycles. The number of aliphatic imine (C=N–C) groups is 1. The lowest BCUT2D eigenvalue weighted by atomic mass is 9.84. The molecule has 158 valence electrons.